The Hall–Kier alpha value is -0.630. The normalized spacial score (nSPS) is 31.1. The van der Waals surface area contributed by atoms with Crippen molar-refractivity contribution in [1.82, 2.24) is 4.90 Å². The monoisotopic (exact) mass is 384 g/mol. The minimum absolute atomic E-state index is 0.105. The zero-order valence-electron chi connectivity index (χ0n) is 16.5. The zero-order valence-corrected chi connectivity index (χ0v) is 17.3. The van der Waals surface area contributed by atoms with Gasteiger partial charge in [-0.2, -0.15) is 11.8 Å². The number of amides is 1. The van der Waals surface area contributed by atoms with Crippen LogP contribution in [-0.4, -0.2) is 58.3 Å². The summed E-state index contributed by atoms with van der Waals surface area (Å²) in [5.74, 6) is 0.921. The number of carbonyl (C=O) groups is 2. The van der Waals surface area contributed by atoms with Crippen molar-refractivity contribution < 1.29 is 9.59 Å². The number of hydrogen-bond acceptors (Lipinski definition) is 6. The molecule has 1 aliphatic heterocycles. The van der Waals surface area contributed by atoms with Crippen LogP contribution in [0.5, 0.6) is 0 Å². The first-order valence-electron chi connectivity index (χ1n) is 9.88. The molecule has 0 aromatic carbocycles. The van der Waals surface area contributed by atoms with Gasteiger partial charge in [0.2, 0.25) is 5.91 Å². The molecule has 6 N–H and O–H groups in total. The second kappa shape index (κ2) is 8.59. The first-order chi connectivity index (χ1) is 12.2. The number of hydrogen-bond donors (Lipinski definition) is 3. The van der Waals surface area contributed by atoms with Gasteiger partial charge in [0.15, 0.2) is 5.78 Å². The number of thioether (sulfide) groups is 1. The molecule has 26 heavy (non-hydrogen) atoms. The third-order valence-corrected chi connectivity index (χ3v) is 7.56. The summed E-state index contributed by atoms with van der Waals surface area (Å²) in [5, 5.41) is 0. The van der Waals surface area contributed by atoms with Gasteiger partial charge in [0.25, 0.3) is 0 Å². The van der Waals surface area contributed by atoms with Crippen LogP contribution in [0.3, 0.4) is 0 Å². The van der Waals surface area contributed by atoms with E-state index in [0.29, 0.717) is 19.5 Å². The van der Waals surface area contributed by atoms with Crippen molar-refractivity contribution in [3.63, 3.8) is 0 Å². The highest BCUT2D eigenvalue weighted by molar-refractivity contribution is 8.00. The number of nitrogens with zero attached hydrogens (tertiary/aromatic N) is 1. The fourth-order valence-electron chi connectivity index (χ4n) is 4.34. The van der Waals surface area contributed by atoms with Gasteiger partial charge in [0, 0.05) is 29.3 Å². The Morgan fingerprint density at radius 3 is 2.42 bits per heavy atom. The Labute approximate surface area is 162 Å². The lowest BCUT2D eigenvalue weighted by Crippen LogP contribution is -2.58. The first-order valence-corrected chi connectivity index (χ1v) is 10.9. The summed E-state index contributed by atoms with van der Waals surface area (Å²) in [7, 11) is 0. The molecule has 1 saturated heterocycles. The highest BCUT2D eigenvalue weighted by atomic mass is 32.2. The van der Waals surface area contributed by atoms with E-state index >= 15 is 0 Å². The van der Waals surface area contributed by atoms with E-state index in [1.54, 1.807) is 16.7 Å². The van der Waals surface area contributed by atoms with Crippen LogP contribution in [0.1, 0.15) is 59.3 Å². The van der Waals surface area contributed by atoms with E-state index in [-0.39, 0.29) is 28.5 Å². The maximum Gasteiger partial charge on any atom is 0.241 e. The van der Waals surface area contributed by atoms with E-state index in [4.69, 9.17) is 17.2 Å². The van der Waals surface area contributed by atoms with Gasteiger partial charge in [-0.15, -0.1) is 0 Å². The maximum absolute atomic E-state index is 13.4. The zero-order chi connectivity index (χ0) is 19.5. The summed E-state index contributed by atoms with van der Waals surface area (Å²) >= 11 is 1.68. The molecule has 1 aliphatic carbocycles. The fourth-order valence-corrected chi connectivity index (χ4v) is 5.36. The van der Waals surface area contributed by atoms with Crippen LogP contribution in [0, 0.1) is 5.41 Å². The van der Waals surface area contributed by atoms with E-state index in [9.17, 15) is 9.59 Å². The predicted molar refractivity (Wildman–Crippen MR) is 108 cm³/mol. The molecule has 0 spiro atoms. The summed E-state index contributed by atoms with van der Waals surface area (Å²) in [6, 6.07) is -0.840. The number of likely N-dealkylation sites (tertiary alicyclic amines) is 1. The third-order valence-electron chi connectivity index (χ3n) is 6.27. The third kappa shape index (κ3) is 4.26. The molecule has 2 aliphatic rings. The fraction of sp³-hybridized carbons (Fsp3) is 0.895. The van der Waals surface area contributed by atoms with Gasteiger partial charge in [-0.1, -0.05) is 6.92 Å². The number of ketones is 1. The molecule has 1 amide bonds. The van der Waals surface area contributed by atoms with E-state index < -0.39 is 11.5 Å². The standard InChI is InChI=1S/C19H36N4O2S/c1-4-26-18(2,3)15(22)17(25)23-11-5-6-14(23)16(24)19(12-20)9-7-13(21)8-10-19/h13-15H,4-12,20-22H2,1-3H3. The highest BCUT2D eigenvalue weighted by Crippen LogP contribution is 2.39. The predicted octanol–water partition coefficient (Wildman–Crippen LogP) is 1.25. The molecule has 2 rings (SSSR count). The lowest BCUT2D eigenvalue weighted by atomic mass is 9.68. The van der Waals surface area contributed by atoms with Crippen molar-refractivity contribution in [1.29, 1.82) is 0 Å². The lowest BCUT2D eigenvalue weighted by molar-refractivity contribution is -0.144. The Balaban J connectivity index is 2.16. The molecule has 0 aromatic heterocycles. The molecule has 7 heteroatoms. The average molecular weight is 385 g/mol. The average Bonchev–Trinajstić information content (AvgIpc) is 3.10. The summed E-state index contributed by atoms with van der Waals surface area (Å²) in [5.41, 5.74) is 17.9. The van der Waals surface area contributed by atoms with Crippen LogP contribution in [0.15, 0.2) is 0 Å². The highest BCUT2D eigenvalue weighted by Gasteiger charge is 2.48. The Bertz CT molecular complexity index is 518. The number of rotatable bonds is 7. The molecule has 0 radical (unpaired) electrons. The largest absolute Gasteiger partial charge is 0.331 e. The van der Waals surface area contributed by atoms with Gasteiger partial charge in [-0.25, -0.2) is 0 Å². The first kappa shape index (κ1) is 21.7. The Morgan fingerprint density at radius 1 is 1.27 bits per heavy atom. The molecule has 1 heterocycles. The SMILES string of the molecule is CCSC(C)(C)C(N)C(=O)N1CCCC1C(=O)C1(CN)CCC(N)CC1. The van der Waals surface area contributed by atoms with E-state index in [1.165, 1.54) is 0 Å². The van der Waals surface area contributed by atoms with Crippen molar-refractivity contribution in [3.05, 3.63) is 0 Å². The summed E-state index contributed by atoms with van der Waals surface area (Å²) in [6.07, 6.45) is 4.66. The quantitative estimate of drug-likeness (QED) is 0.608. The van der Waals surface area contributed by atoms with Crippen molar-refractivity contribution in [2.24, 2.45) is 22.6 Å². The molecule has 6 nitrogen and oxygen atoms in total. The molecule has 0 aromatic rings. The molecule has 2 atom stereocenters. The number of carbonyl (C=O) groups excluding carboxylic acids is 2. The van der Waals surface area contributed by atoms with Crippen molar-refractivity contribution in [2.75, 3.05) is 18.8 Å². The summed E-state index contributed by atoms with van der Waals surface area (Å²) < 4.78 is -0.356. The second-order valence-corrected chi connectivity index (χ2v) is 10.3. The molecular formula is C19H36N4O2S. The maximum atomic E-state index is 13.4. The van der Waals surface area contributed by atoms with Crippen molar-refractivity contribution in [2.45, 2.75) is 82.2 Å². The van der Waals surface area contributed by atoms with Crippen molar-refractivity contribution >= 4 is 23.5 Å². The van der Waals surface area contributed by atoms with Crippen LogP contribution < -0.4 is 17.2 Å². The minimum Gasteiger partial charge on any atom is -0.331 e. The van der Waals surface area contributed by atoms with Gasteiger partial charge in [0.1, 0.15) is 0 Å². The van der Waals surface area contributed by atoms with Gasteiger partial charge in [-0.3, -0.25) is 9.59 Å². The molecular weight excluding hydrogens is 348 g/mol. The molecule has 1 saturated carbocycles. The summed E-state index contributed by atoms with van der Waals surface area (Å²) in [4.78, 5) is 28.2. The van der Waals surface area contributed by atoms with E-state index in [1.807, 2.05) is 13.8 Å². The van der Waals surface area contributed by atoms with Crippen LogP contribution in [0.25, 0.3) is 0 Å². The minimum atomic E-state index is -0.616. The molecule has 2 fully saturated rings. The van der Waals surface area contributed by atoms with E-state index in [0.717, 1.165) is 37.9 Å². The Morgan fingerprint density at radius 2 is 1.88 bits per heavy atom. The van der Waals surface area contributed by atoms with Crippen molar-refractivity contribution in [3.8, 4) is 0 Å². The molecule has 2 unspecified atom stereocenters. The van der Waals surface area contributed by atoms with Crippen LogP contribution in [-0.2, 0) is 9.59 Å². The number of nitrogens with two attached hydrogens (primary N) is 3. The lowest BCUT2D eigenvalue weighted by Gasteiger charge is -2.41. The smallest absolute Gasteiger partial charge is 0.241 e. The van der Waals surface area contributed by atoms with Crippen LogP contribution in [0.2, 0.25) is 0 Å². The summed E-state index contributed by atoms with van der Waals surface area (Å²) in [6.45, 7) is 7.00. The Kier molecular flexibility index (Phi) is 7.16. The van der Waals surface area contributed by atoms with Gasteiger partial charge in [0.05, 0.1) is 12.1 Å². The van der Waals surface area contributed by atoms with E-state index in [2.05, 4.69) is 6.92 Å². The molecule has 150 valence electrons. The van der Waals surface area contributed by atoms with Gasteiger partial charge in [-0.05, 0) is 58.1 Å². The van der Waals surface area contributed by atoms with Crippen LogP contribution >= 0.6 is 11.8 Å². The van der Waals surface area contributed by atoms with Crippen LogP contribution in [0.4, 0.5) is 0 Å². The number of Topliss-reactive ketones (excluding diaryl/α,β-unsaturated/α-hetero) is 1. The molecule has 0 bridgehead atoms. The second-order valence-electron chi connectivity index (χ2n) is 8.39. The van der Waals surface area contributed by atoms with Gasteiger partial charge < -0.3 is 22.1 Å². The van der Waals surface area contributed by atoms with Gasteiger partial charge >= 0.3 is 0 Å². The topological polar surface area (TPSA) is 115 Å².